The number of aryl methyl sites for hydroxylation is 4. The summed E-state index contributed by atoms with van der Waals surface area (Å²) < 4.78 is 2.21. The molecule has 0 saturated heterocycles. The van der Waals surface area contributed by atoms with Crippen LogP contribution in [0.15, 0.2) is 85.1 Å². The highest BCUT2D eigenvalue weighted by atomic mass is 14.9. The monoisotopic (exact) mass is 364 g/mol. The third-order valence-electron chi connectivity index (χ3n) is 5.58. The van der Waals surface area contributed by atoms with Crippen molar-refractivity contribution in [3.05, 3.63) is 102 Å². The van der Waals surface area contributed by atoms with Crippen molar-refractivity contribution in [3.8, 4) is 33.5 Å². The zero-order valence-corrected chi connectivity index (χ0v) is 17.0. The Morgan fingerprint density at radius 2 is 1.07 bits per heavy atom. The number of rotatable bonds is 3. The van der Waals surface area contributed by atoms with Crippen molar-refractivity contribution >= 4 is 0 Å². The summed E-state index contributed by atoms with van der Waals surface area (Å²) in [6.07, 6.45) is 2.16. The van der Waals surface area contributed by atoms with E-state index in [1.807, 2.05) is 0 Å². The fraction of sp³-hybridized carbons (Fsp3) is 0.148. The van der Waals surface area contributed by atoms with Gasteiger partial charge in [0.05, 0.1) is 0 Å². The van der Waals surface area contributed by atoms with Gasteiger partial charge in [0.15, 0.2) is 6.20 Å². The Balaban J connectivity index is 1.88. The van der Waals surface area contributed by atoms with Gasteiger partial charge in [-0.1, -0.05) is 60.7 Å². The van der Waals surface area contributed by atoms with E-state index in [9.17, 15) is 0 Å². The first-order chi connectivity index (χ1) is 13.5. The summed E-state index contributed by atoms with van der Waals surface area (Å²) in [7, 11) is 2.12. The first-order valence-electron chi connectivity index (χ1n) is 9.77. The molecule has 0 spiro atoms. The maximum absolute atomic E-state index is 2.33. The van der Waals surface area contributed by atoms with Crippen LogP contribution in [0, 0.1) is 20.8 Å². The van der Waals surface area contributed by atoms with Gasteiger partial charge in [-0.05, 0) is 65.8 Å². The van der Waals surface area contributed by atoms with E-state index in [1.165, 1.54) is 50.2 Å². The van der Waals surface area contributed by atoms with Crippen LogP contribution in [0.25, 0.3) is 33.5 Å². The van der Waals surface area contributed by atoms with Crippen molar-refractivity contribution in [3.63, 3.8) is 0 Å². The molecule has 0 atom stereocenters. The van der Waals surface area contributed by atoms with Crippen LogP contribution in [-0.2, 0) is 7.05 Å². The molecular weight excluding hydrogens is 338 g/mol. The van der Waals surface area contributed by atoms with Crippen LogP contribution < -0.4 is 4.57 Å². The average molecular weight is 365 g/mol. The lowest BCUT2D eigenvalue weighted by Crippen LogP contribution is -2.30. The van der Waals surface area contributed by atoms with E-state index in [2.05, 4.69) is 117 Å². The maximum atomic E-state index is 2.33. The molecule has 0 fully saturated rings. The molecule has 0 aliphatic rings. The fourth-order valence-corrected chi connectivity index (χ4v) is 3.86. The standard InChI is InChI=1S/C27H26N/c1-19-9-5-7-11-24(19)22-14-13-21(3)26(17-22)27-18-23(15-16-28(27)4)25-12-8-6-10-20(25)2/h5-18H,1-4H3/q+1. The number of nitrogens with zero attached hydrogens (tertiary/aromatic N) is 1. The normalized spacial score (nSPS) is 10.9. The zero-order chi connectivity index (χ0) is 19.7. The first kappa shape index (κ1) is 18.2. The molecule has 1 heterocycles. The second kappa shape index (κ2) is 7.44. The number of hydrogen-bond donors (Lipinski definition) is 0. The third kappa shape index (κ3) is 3.36. The minimum Gasteiger partial charge on any atom is -0.201 e. The highest BCUT2D eigenvalue weighted by Crippen LogP contribution is 2.31. The van der Waals surface area contributed by atoms with E-state index in [1.54, 1.807) is 0 Å². The summed E-state index contributed by atoms with van der Waals surface area (Å²) in [5.74, 6) is 0. The Labute approximate surface area is 167 Å². The quantitative estimate of drug-likeness (QED) is 0.368. The van der Waals surface area contributed by atoms with Crippen LogP contribution >= 0.6 is 0 Å². The van der Waals surface area contributed by atoms with E-state index in [0.29, 0.717) is 0 Å². The van der Waals surface area contributed by atoms with Crippen molar-refractivity contribution in [2.24, 2.45) is 7.05 Å². The Bertz CT molecular complexity index is 1060. The molecule has 0 saturated carbocycles. The topological polar surface area (TPSA) is 3.88 Å². The van der Waals surface area contributed by atoms with Crippen molar-refractivity contribution < 1.29 is 4.57 Å². The second-order valence-electron chi connectivity index (χ2n) is 7.57. The molecule has 0 aliphatic carbocycles. The third-order valence-corrected chi connectivity index (χ3v) is 5.58. The van der Waals surface area contributed by atoms with Crippen LogP contribution in [0.3, 0.4) is 0 Å². The molecule has 0 unspecified atom stereocenters. The number of benzene rings is 3. The average Bonchev–Trinajstić information content (AvgIpc) is 2.70. The van der Waals surface area contributed by atoms with E-state index in [4.69, 9.17) is 0 Å². The highest BCUT2D eigenvalue weighted by molar-refractivity contribution is 5.77. The molecule has 0 aliphatic heterocycles. The predicted molar refractivity (Wildman–Crippen MR) is 118 cm³/mol. The van der Waals surface area contributed by atoms with E-state index < -0.39 is 0 Å². The Hall–Kier alpha value is -3.19. The van der Waals surface area contributed by atoms with Gasteiger partial charge < -0.3 is 0 Å². The summed E-state index contributed by atoms with van der Waals surface area (Å²) in [6, 6.07) is 28.5. The molecule has 0 bridgehead atoms. The van der Waals surface area contributed by atoms with E-state index >= 15 is 0 Å². The lowest BCUT2D eigenvalue weighted by molar-refractivity contribution is -0.660. The van der Waals surface area contributed by atoms with Crippen LogP contribution in [0.5, 0.6) is 0 Å². The molecule has 1 heteroatoms. The molecule has 4 rings (SSSR count). The molecule has 138 valence electrons. The summed E-state index contributed by atoms with van der Waals surface area (Å²) in [4.78, 5) is 0. The molecule has 28 heavy (non-hydrogen) atoms. The van der Waals surface area contributed by atoms with Gasteiger partial charge >= 0.3 is 0 Å². The molecule has 0 radical (unpaired) electrons. The molecule has 1 aromatic heterocycles. The van der Waals surface area contributed by atoms with Gasteiger partial charge in [-0.25, -0.2) is 4.57 Å². The second-order valence-corrected chi connectivity index (χ2v) is 7.57. The van der Waals surface area contributed by atoms with Gasteiger partial charge in [-0.2, -0.15) is 0 Å². The van der Waals surface area contributed by atoms with Crippen LogP contribution in [-0.4, -0.2) is 0 Å². The Kier molecular flexibility index (Phi) is 4.83. The number of aromatic nitrogens is 1. The van der Waals surface area contributed by atoms with Gasteiger partial charge in [0, 0.05) is 17.7 Å². The highest BCUT2D eigenvalue weighted by Gasteiger charge is 2.16. The van der Waals surface area contributed by atoms with Crippen LogP contribution in [0.2, 0.25) is 0 Å². The molecule has 0 amide bonds. The van der Waals surface area contributed by atoms with Gasteiger partial charge in [0.1, 0.15) is 7.05 Å². The minimum atomic E-state index is 1.23. The van der Waals surface area contributed by atoms with Gasteiger partial charge in [-0.15, -0.1) is 0 Å². The maximum Gasteiger partial charge on any atom is 0.213 e. The lowest BCUT2D eigenvalue weighted by Gasteiger charge is -2.12. The lowest BCUT2D eigenvalue weighted by atomic mass is 9.94. The summed E-state index contributed by atoms with van der Waals surface area (Å²) in [5, 5.41) is 0. The molecule has 0 N–H and O–H groups in total. The molecule has 4 aromatic rings. The number of hydrogen-bond acceptors (Lipinski definition) is 0. The van der Waals surface area contributed by atoms with Crippen molar-refractivity contribution in [2.45, 2.75) is 20.8 Å². The first-order valence-corrected chi connectivity index (χ1v) is 9.77. The molecule has 3 aromatic carbocycles. The fourth-order valence-electron chi connectivity index (χ4n) is 3.86. The van der Waals surface area contributed by atoms with E-state index in [-0.39, 0.29) is 0 Å². The van der Waals surface area contributed by atoms with Crippen molar-refractivity contribution in [1.82, 2.24) is 0 Å². The van der Waals surface area contributed by atoms with Crippen molar-refractivity contribution in [2.75, 3.05) is 0 Å². The summed E-state index contributed by atoms with van der Waals surface area (Å²) in [6.45, 7) is 6.54. The minimum absolute atomic E-state index is 1.23. The Morgan fingerprint density at radius 1 is 0.536 bits per heavy atom. The van der Waals surface area contributed by atoms with Gasteiger partial charge in [0.25, 0.3) is 0 Å². The van der Waals surface area contributed by atoms with Gasteiger partial charge in [-0.3, -0.25) is 0 Å². The summed E-state index contributed by atoms with van der Waals surface area (Å²) >= 11 is 0. The largest absolute Gasteiger partial charge is 0.213 e. The SMILES string of the molecule is Cc1ccccc1-c1ccc(C)c(-c2cc(-c3ccccc3C)cc[n+]2C)c1. The molecule has 1 nitrogen and oxygen atoms in total. The summed E-state index contributed by atoms with van der Waals surface area (Å²) in [5.41, 5.74) is 11.5. The number of pyridine rings is 1. The van der Waals surface area contributed by atoms with Gasteiger partial charge in [0.2, 0.25) is 5.69 Å². The van der Waals surface area contributed by atoms with E-state index in [0.717, 1.165) is 0 Å². The Morgan fingerprint density at radius 3 is 1.68 bits per heavy atom. The smallest absolute Gasteiger partial charge is 0.201 e. The molecular formula is C27H26N+. The zero-order valence-electron chi connectivity index (χ0n) is 17.0. The predicted octanol–water partition coefficient (Wildman–Crippen LogP) is 6.44. The van der Waals surface area contributed by atoms with Crippen LogP contribution in [0.1, 0.15) is 16.7 Å². The van der Waals surface area contributed by atoms with Crippen LogP contribution in [0.4, 0.5) is 0 Å². The van der Waals surface area contributed by atoms with Crippen molar-refractivity contribution in [1.29, 1.82) is 0 Å².